The van der Waals surface area contributed by atoms with Gasteiger partial charge in [-0.25, -0.2) is 4.79 Å². The molecule has 0 aromatic carbocycles. The molecule has 6 nitrogen and oxygen atoms in total. The zero-order valence-corrected chi connectivity index (χ0v) is 13.6. The Morgan fingerprint density at radius 3 is 2.82 bits per heavy atom. The Hall–Kier alpha value is -2.03. The number of fused-ring (bicyclic) bond motifs is 1. The smallest absolute Gasteiger partial charge is 0.338 e. The van der Waals surface area contributed by atoms with E-state index in [2.05, 4.69) is 37.7 Å². The second-order valence-corrected chi connectivity index (χ2v) is 6.32. The van der Waals surface area contributed by atoms with Gasteiger partial charge in [0, 0.05) is 18.0 Å². The summed E-state index contributed by atoms with van der Waals surface area (Å²) in [5.74, 6) is -1.15. The van der Waals surface area contributed by atoms with Gasteiger partial charge in [-0.3, -0.25) is 9.98 Å². The van der Waals surface area contributed by atoms with Crippen LogP contribution in [0.4, 0.5) is 0 Å². The van der Waals surface area contributed by atoms with Crippen molar-refractivity contribution in [3.05, 3.63) is 44.7 Å². The van der Waals surface area contributed by atoms with Crippen LogP contribution in [0.3, 0.4) is 0 Å². The Labute approximate surface area is 140 Å². The zero-order valence-electron chi connectivity index (χ0n) is 11.4. The molecule has 2 heterocycles. The van der Waals surface area contributed by atoms with Gasteiger partial charge in [-0.1, -0.05) is 17.3 Å². The highest BCUT2D eigenvalue weighted by Crippen LogP contribution is 2.30. The maximum Gasteiger partial charge on any atom is 0.338 e. The fourth-order valence-electron chi connectivity index (χ4n) is 2.58. The van der Waals surface area contributed by atoms with Crippen LogP contribution in [0, 0.1) is 0 Å². The molecule has 1 unspecified atom stereocenters. The van der Waals surface area contributed by atoms with Crippen molar-refractivity contribution in [3.63, 3.8) is 0 Å². The van der Waals surface area contributed by atoms with E-state index in [9.17, 15) is 15.1 Å². The molecule has 0 fully saturated rings. The maximum atomic E-state index is 11.6. The Balaban J connectivity index is 2.13. The van der Waals surface area contributed by atoms with Crippen LogP contribution < -0.4 is 0 Å². The van der Waals surface area contributed by atoms with Crippen LogP contribution in [0.25, 0.3) is 0 Å². The molecular formula is C15H12IN3O3. The van der Waals surface area contributed by atoms with Gasteiger partial charge >= 0.3 is 5.97 Å². The summed E-state index contributed by atoms with van der Waals surface area (Å²) in [6, 6.07) is -0.407. The van der Waals surface area contributed by atoms with Crippen LogP contribution in [-0.2, 0) is 4.79 Å². The lowest BCUT2D eigenvalue weighted by atomic mass is 9.86. The molecule has 0 aromatic rings. The monoisotopic (exact) mass is 409 g/mol. The van der Waals surface area contributed by atoms with Gasteiger partial charge in [0.05, 0.1) is 17.3 Å². The zero-order chi connectivity index (χ0) is 15.7. The minimum atomic E-state index is -1.15. The van der Waals surface area contributed by atoms with Crippen molar-refractivity contribution in [2.45, 2.75) is 18.9 Å². The molecule has 0 amide bonds. The molecule has 0 saturated carbocycles. The predicted octanol–water partition coefficient (Wildman–Crippen LogP) is 2.66. The first-order valence-corrected chi connectivity index (χ1v) is 7.73. The van der Waals surface area contributed by atoms with E-state index >= 15 is 0 Å². The topological polar surface area (TPSA) is 94.6 Å². The van der Waals surface area contributed by atoms with Crippen molar-refractivity contribution in [2.75, 3.05) is 0 Å². The van der Waals surface area contributed by atoms with E-state index in [4.69, 9.17) is 0 Å². The maximum absolute atomic E-state index is 11.6. The lowest BCUT2D eigenvalue weighted by molar-refractivity contribution is -0.132. The van der Waals surface area contributed by atoms with Crippen molar-refractivity contribution < 1.29 is 15.1 Å². The number of carboxylic acid groups (broad SMARTS) is 1. The minimum Gasteiger partial charge on any atom is -0.478 e. The van der Waals surface area contributed by atoms with Gasteiger partial charge in [0.1, 0.15) is 5.71 Å². The molecule has 1 atom stereocenters. The molecule has 2 aliphatic heterocycles. The van der Waals surface area contributed by atoms with Crippen LogP contribution >= 0.6 is 22.6 Å². The summed E-state index contributed by atoms with van der Waals surface area (Å²) < 4.78 is 1.22. The fraction of sp³-hybridized carbons (Fsp3) is 0.200. The van der Waals surface area contributed by atoms with E-state index < -0.39 is 12.0 Å². The highest BCUT2D eigenvalue weighted by Gasteiger charge is 2.34. The lowest BCUT2D eigenvalue weighted by Gasteiger charge is -2.25. The van der Waals surface area contributed by atoms with Crippen LogP contribution in [0.2, 0.25) is 0 Å². The Kier molecular flexibility index (Phi) is 4.06. The quantitative estimate of drug-likeness (QED) is 0.417. The van der Waals surface area contributed by atoms with Gasteiger partial charge in [0.15, 0.2) is 0 Å². The molecule has 0 aromatic heterocycles. The molecule has 0 bridgehead atoms. The summed E-state index contributed by atoms with van der Waals surface area (Å²) in [4.78, 5) is 20.2. The number of carbonyl (C=O) groups is 1. The molecule has 2 N–H and O–H groups in total. The standard InChI is InChI=1S/C15H12IN3O3/c16-9-3-1-8(2-4-9)13-14(19-22)12(15(20)21)10-7-17-6-5-11(10)18-13/h1,3,5-7,11,22H,2,4H2,(H,20,21). The highest BCUT2D eigenvalue weighted by molar-refractivity contribution is 14.1. The summed E-state index contributed by atoms with van der Waals surface area (Å²) in [5.41, 5.74) is 1.71. The highest BCUT2D eigenvalue weighted by atomic mass is 127. The van der Waals surface area contributed by atoms with Gasteiger partial charge in [-0.05, 0) is 50.7 Å². The summed E-state index contributed by atoms with van der Waals surface area (Å²) in [6.45, 7) is 0. The van der Waals surface area contributed by atoms with Crippen molar-refractivity contribution >= 4 is 46.2 Å². The number of nitrogens with zero attached hydrogens (tertiary/aromatic N) is 3. The molecule has 1 aliphatic carbocycles. The van der Waals surface area contributed by atoms with Gasteiger partial charge in [-0.2, -0.15) is 0 Å². The van der Waals surface area contributed by atoms with Crippen molar-refractivity contribution in [3.8, 4) is 0 Å². The predicted molar refractivity (Wildman–Crippen MR) is 92.2 cm³/mol. The molecule has 0 spiro atoms. The first-order valence-electron chi connectivity index (χ1n) is 6.65. The largest absolute Gasteiger partial charge is 0.478 e. The Morgan fingerprint density at radius 2 is 2.18 bits per heavy atom. The lowest BCUT2D eigenvalue weighted by Crippen LogP contribution is -2.34. The second kappa shape index (κ2) is 5.99. The molecule has 112 valence electrons. The number of allylic oxidation sites excluding steroid dienone is 4. The van der Waals surface area contributed by atoms with E-state index in [1.165, 1.54) is 9.79 Å². The van der Waals surface area contributed by atoms with Crippen molar-refractivity contribution in [2.24, 2.45) is 15.1 Å². The number of carboxylic acids is 1. The van der Waals surface area contributed by atoms with E-state index in [0.29, 0.717) is 11.3 Å². The summed E-state index contributed by atoms with van der Waals surface area (Å²) in [6.07, 6.45) is 10.3. The number of hydrogen-bond donors (Lipinski definition) is 2. The number of aliphatic carboxylic acids is 1. The Morgan fingerprint density at radius 1 is 1.36 bits per heavy atom. The number of oxime groups is 1. The van der Waals surface area contributed by atoms with E-state index in [0.717, 1.165) is 18.4 Å². The number of dihydropyridines is 1. The Bertz CT molecular complexity index is 754. The third-order valence-electron chi connectivity index (χ3n) is 3.62. The van der Waals surface area contributed by atoms with E-state index in [1.807, 2.05) is 12.2 Å². The summed E-state index contributed by atoms with van der Waals surface area (Å²) in [7, 11) is 0. The van der Waals surface area contributed by atoms with Crippen LogP contribution in [0.15, 0.2) is 59.9 Å². The van der Waals surface area contributed by atoms with E-state index in [-0.39, 0.29) is 11.3 Å². The number of hydrogen-bond acceptors (Lipinski definition) is 5. The molecule has 7 heteroatoms. The number of halogens is 1. The van der Waals surface area contributed by atoms with Crippen LogP contribution in [0.1, 0.15) is 12.8 Å². The third-order valence-corrected chi connectivity index (χ3v) is 4.52. The second-order valence-electron chi connectivity index (χ2n) is 4.93. The van der Waals surface area contributed by atoms with Gasteiger partial charge in [0.2, 0.25) is 0 Å². The average molecular weight is 409 g/mol. The molecular weight excluding hydrogens is 397 g/mol. The minimum absolute atomic E-state index is 0.00272. The number of rotatable bonds is 2. The molecule has 3 rings (SSSR count). The SMILES string of the molecule is O=C(O)C1=C2C=NC=CC2N=C(C2=CC=C(I)CC2)C1=NO. The van der Waals surface area contributed by atoms with Gasteiger partial charge < -0.3 is 10.3 Å². The first kappa shape index (κ1) is 14.9. The van der Waals surface area contributed by atoms with Crippen LogP contribution in [0.5, 0.6) is 0 Å². The number of aliphatic imine (C=N–C) groups is 2. The van der Waals surface area contributed by atoms with Crippen molar-refractivity contribution in [1.82, 2.24) is 0 Å². The summed E-state index contributed by atoms with van der Waals surface area (Å²) in [5, 5.41) is 22.1. The van der Waals surface area contributed by atoms with Crippen molar-refractivity contribution in [1.29, 1.82) is 0 Å². The van der Waals surface area contributed by atoms with E-state index in [1.54, 1.807) is 12.3 Å². The molecule has 3 aliphatic rings. The van der Waals surface area contributed by atoms with Crippen LogP contribution in [-0.4, -0.2) is 40.0 Å². The molecule has 0 saturated heterocycles. The summed E-state index contributed by atoms with van der Waals surface area (Å²) >= 11 is 2.26. The molecule has 22 heavy (non-hydrogen) atoms. The molecule has 0 radical (unpaired) electrons. The van der Waals surface area contributed by atoms with Gasteiger partial charge in [0.25, 0.3) is 0 Å². The third kappa shape index (κ3) is 2.56. The van der Waals surface area contributed by atoms with Gasteiger partial charge in [-0.15, -0.1) is 0 Å². The first-order chi connectivity index (χ1) is 10.6. The fourth-order valence-corrected chi connectivity index (χ4v) is 3.03. The normalized spacial score (nSPS) is 25.6. The average Bonchev–Trinajstić information content (AvgIpc) is 2.53.